The van der Waals surface area contributed by atoms with E-state index >= 15 is 0 Å². The molecule has 0 spiro atoms. The number of nitrogens with zero attached hydrogens (tertiary/aromatic N) is 2. The molecule has 0 saturated heterocycles. The Hall–Kier alpha value is -1.49. The van der Waals surface area contributed by atoms with Crippen LogP contribution in [-0.2, 0) is 19.4 Å². The maximum atomic E-state index is 13.1. The van der Waals surface area contributed by atoms with Gasteiger partial charge in [-0.15, -0.1) is 0 Å². The summed E-state index contributed by atoms with van der Waals surface area (Å²) in [6.45, 7) is 7.12. The fourth-order valence-corrected chi connectivity index (χ4v) is 2.89. The van der Waals surface area contributed by atoms with Crippen molar-refractivity contribution in [2.24, 2.45) is 5.41 Å². The van der Waals surface area contributed by atoms with Crippen molar-refractivity contribution in [3.63, 3.8) is 0 Å². The van der Waals surface area contributed by atoms with Crippen molar-refractivity contribution < 1.29 is 13.2 Å². The second-order valence-electron chi connectivity index (χ2n) is 6.56. The predicted molar refractivity (Wildman–Crippen MR) is 91.3 cm³/mol. The summed E-state index contributed by atoms with van der Waals surface area (Å²) in [7, 11) is 0. The Bertz CT molecular complexity index is 718. The maximum absolute atomic E-state index is 13.1. The second kappa shape index (κ2) is 6.79. The van der Waals surface area contributed by atoms with Crippen molar-refractivity contribution in [2.75, 3.05) is 0 Å². The summed E-state index contributed by atoms with van der Waals surface area (Å²) in [5.41, 5.74) is 1.42. The van der Waals surface area contributed by atoms with Crippen LogP contribution in [0.25, 0.3) is 11.3 Å². The monoisotopic (exact) mass is 358 g/mol. The van der Waals surface area contributed by atoms with Gasteiger partial charge in [-0.25, -0.2) is 0 Å². The third kappa shape index (κ3) is 3.77. The highest BCUT2D eigenvalue weighted by atomic mass is 35.5. The first-order chi connectivity index (χ1) is 11.1. The largest absolute Gasteiger partial charge is 0.394 e. The van der Waals surface area contributed by atoms with E-state index in [0.29, 0.717) is 17.1 Å². The van der Waals surface area contributed by atoms with E-state index in [1.807, 2.05) is 24.6 Å². The molecule has 1 heterocycles. The average Bonchev–Trinajstić information content (AvgIpc) is 2.89. The number of aromatic nitrogens is 2. The Morgan fingerprint density at radius 3 is 2.29 bits per heavy atom. The van der Waals surface area contributed by atoms with Crippen LogP contribution in [0, 0.1) is 5.41 Å². The average molecular weight is 359 g/mol. The van der Waals surface area contributed by atoms with Crippen molar-refractivity contribution in [1.29, 1.82) is 0 Å². The highest BCUT2D eigenvalue weighted by molar-refractivity contribution is 6.33. The minimum Gasteiger partial charge on any atom is -0.265 e. The van der Waals surface area contributed by atoms with Crippen molar-refractivity contribution in [3.8, 4) is 11.3 Å². The fourth-order valence-electron chi connectivity index (χ4n) is 2.59. The molecule has 0 radical (unpaired) electrons. The highest BCUT2D eigenvalue weighted by Gasteiger charge is 2.46. The summed E-state index contributed by atoms with van der Waals surface area (Å²) in [5.74, 6) is 0. The smallest absolute Gasteiger partial charge is 0.265 e. The Morgan fingerprint density at radius 2 is 1.79 bits per heavy atom. The maximum Gasteiger partial charge on any atom is 0.394 e. The van der Waals surface area contributed by atoms with Gasteiger partial charge in [-0.1, -0.05) is 44.5 Å². The minimum atomic E-state index is -4.25. The lowest BCUT2D eigenvalue weighted by Crippen LogP contribution is -2.34. The number of halogens is 4. The summed E-state index contributed by atoms with van der Waals surface area (Å²) in [6.07, 6.45) is -3.55. The van der Waals surface area contributed by atoms with Crippen molar-refractivity contribution in [2.45, 2.75) is 53.3 Å². The van der Waals surface area contributed by atoms with E-state index in [1.165, 1.54) is 13.8 Å². The zero-order valence-corrected chi connectivity index (χ0v) is 15.1. The molecule has 0 fully saturated rings. The normalized spacial score (nSPS) is 12.7. The van der Waals surface area contributed by atoms with Crippen molar-refractivity contribution in [1.82, 2.24) is 9.78 Å². The van der Waals surface area contributed by atoms with Gasteiger partial charge in [-0.2, -0.15) is 18.3 Å². The van der Waals surface area contributed by atoms with Crippen LogP contribution in [0.5, 0.6) is 0 Å². The van der Waals surface area contributed by atoms with Crippen LogP contribution >= 0.6 is 11.6 Å². The Balaban J connectivity index is 2.36. The Kier molecular flexibility index (Phi) is 5.33. The van der Waals surface area contributed by atoms with Gasteiger partial charge in [-0.3, -0.25) is 4.68 Å². The van der Waals surface area contributed by atoms with Gasteiger partial charge in [0.25, 0.3) is 0 Å². The molecule has 1 aromatic carbocycles. The quantitative estimate of drug-likeness (QED) is 0.649. The van der Waals surface area contributed by atoms with E-state index in [-0.39, 0.29) is 6.42 Å². The van der Waals surface area contributed by atoms with Crippen molar-refractivity contribution in [3.05, 3.63) is 40.5 Å². The molecule has 0 saturated carbocycles. The first-order valence-corrected chi connectivity index (χ1v) is 8.39. The van der Waals surface area contributed by atoms with Crippen LogP contribution in [0.3, 0.4) is 0 Å². The van der Waals surface area contributed by atoms with Crippen LogP contribution < -0.4 is 0 Å². The number of hydrogen-bond donors (Lipinski definition) is 0. The van der Waals surface area contributed by atoms with Crippen LogP contribution in [0.2, 0.25) is 5.02 Å². The van der Waals surface area contributed by atoms with Gasteiger partial charge in [-0.05, 0) is 37.5 Å². The summed E-state index contributed by atoms with van der Waals surface area (Å²) in [4.78, 5) is 0. The SMILES string of the molecule is CCc1cc(-c2ccc(CC(C)(C)C(F)(F)F)cc2Cl)n(CC)n1. The number of rotatable bonds is 5. The number of benzene rings is 1. The molecule has 0 aliphatic carbocycles. The topological polar surface area (TPSA) is 17.8 Å². The lowest BCUT2D eigenvalue weighted by Gasteiger charge is -2.27. The van der Waals surface area contributed by atoms with Gasteiger partial charge in [0.05, 0.1) is 21.8 Å². The van der Waals surface area contributed by atoms with Crippen LogP contribution in [0.4, 0.5) is 13.2 Å². The summed E-state index contributed by atoms with van der Waals surface area (Å²) < 4.78 is 41.0. The fraction of sp³-hybridized carbons (Fsp3) is 0.500. The lowest BCUT2D eigenvalue weighted by molar-refractivity contribution is -0.211. The van der Waals surface area contributed by atoms with Gasteiger partial charge in [0.15, 0.2) is 0 Å². The molecule has 0 aliphatic heterocycles. The van der Waals surface area contributed by atoms with E-state index < -0.39 is 11.6 Å². The molecule has 0 N–H and O–H groups in total. The first kappa shape index (κ1) is 18.8. The van der Waals surface area contributed by atoms with Crippen LogP contribution in [0.15, 0.2) is 24.3 Å². The number of aryl methyl sites for hydroxylation is 2. The lowest BCUT2D eigenvalue weighted by atomic mass is 9.85. The van der Waals surface area contributed by atoms with Gasteiger partial charge >= 0.3 is 6.18 Å². The summed E-state index contributed by atoms with van der Waals surface area (Å²) in [5, 5.41) is 4.94. The number of hydrogen-bond acceptors (Lipinski definition) is 1. The summed E-state index contributed by atoms with van der Waals surface area (Å²) in [6, 6.07) is 7.10. The summed E-state index contributed by atoms with van der Waals surface area (Å²) >= 11 is 6.37. The molecule has 2 rings (SSSR count). The van der Waals surface area contributed by atoms with Gasteiger partial charge in [0, 0.05) is 12.1 Å². The van der Waals surface area contributed by atoms with Crippen molar-refractivity contribution >= 4 is 11.6 Å². The molecule has 0 amide bonds. The Labute approximate surface area is 145 Å². The Morgan fingerprint density at radius 1 is 1.12 bits per heavy atom. The molecule has 0 aliphatic rings. The third-order valence-electron chi connectivity index (χ3n) is 4.22. The van der Waals surface area contributed by atoms with E-state index in [2.05, 4.69) is 5.10 Å². The van der Waals surface area contributed by atoms with E-state index in [4.69, 9.17) is 11.6 Å². The molecular weight excluding hydrogens is 337 g/mol. The van der Waals surface area contributed by atoms with Crippen LogP contribution in [0.1, 0.15) is 39.0 Å². The van der Waals surface area contributed by atoms with E-state index in [1.54, 1.807) is 18.2 Å². The van der Waals surface area contributed by atoms with E-state index in [9.17, 15) is 13.2 Å². The molecule has 24 heavy (non-hydrogen) atoms. The molecule has 132 valence electrons. The van der Waals surface area contributed by atoms with Gasteiger partial charge in [0.1, 0.15) is 0 Å². The molecule has 0 bridgehead atoms. The standard InChI is InChI=1S/C18H22ClF3N2/c1-5-13-10-16(24(6-2)23-13)14-8-7-12(9-15(14)19)11-17(3,4)18(20,21)22/h7-10H,5-6,11H2,1-4H3. The molecule has 2 aromatic rings. The molecule has 1 aromatic heterocycles. The van der Waals surface area contributed by atoms with Crippen LogP contribution in [-0.4, -0.2) is 16.0 Å². The zero-order chi connectivity index (χ0) is 18.1. The first-order valence-electron chi connectivity index (χ1n) is 8.01. The van der Waals surface area contributed by atoms with Gasteiger partial charge < -0.3 is 0 Å². The highest BCUT2D eigenvalue weighted by Crippen LogP contribution is 2.41. The third-order valence-corrected chi connectivity index (χ3v) is 4.53. The predicted octanol–water partition coefficient (Wildman–Crippen LogP) is 5.92. The molecule has 0 unspecified atom stereocenters. The zero-order valence-electron chi connectivity index (χ0n) is 14.3. The molecule has 2 nitrogen and oxygen atoms in total. The minimum absolute atomic E-state index is 0.107. The molecular formula is C18H22ClF3N2. The second-order valence-corrected chi connectivity index (χ2v) is 6.97. The number of alkyl halides is 3. The van der Waals surface area contributed by atoms with Gasteiger partial charge in [0.2, 0.25) is 0 Å². The molecule has 6 heteroatoms. The van der Waals surface area contributed by atoms with E-state index in [0.717, 1.165) is 23.4 Å². The molecule has 0 atom stereocenters.